The normalized spacial score (nSPS) is 15.1. The van der Waals surface area contributed by atoms with E-state index in [1.54, 1.807) is 12.1 Å². The van der Waals surface area contributed by atoms with E-state index in [0.29, 0.717) is 5.56 Å². The number of carbonyl (C=O) groups is 1. The molecule has 1 heterocycles. The highest BCUT2D eigenvalue weighted by atomic mass is 32.2. The molecule has 3 aromatic carbocycles. The SMILES string of the molecule is CN1C(=CC(=O)c2cccc3ccccc23)Sc2ccc(F)cc21. The van der Waals surface area contributed by atoms with Crippen LogP contribution < -0.4 is 4.90 Å². The number of hydrogen-bond acceptors (Lipinski definition) is 3. The lowest BCUT2D eigenvalue weighted by atomic mass is 10.0. The number of carbonyl (C=O) groups excluding carboxylic acids is 1. The maximum absolute atomic E-state index is 13.4. The minimum Gasteiger partial charge on any atom is -0.338 e. The molecule has 1 aliphatic heterocycles. The molecule has 0 saturated carbocycles. The fourth-order valence-corrected chi connectivity index (χ4v) is 3.96. The first-order valence-electron chi connectivity index (χ1n) is 7.58. The fraction of sp³-hybridized carbons (Fsp3) is 0.0500. The summed E-state index contributed by atoms with van der Waals surface area (Å²) in [5.41, 5.74) is 1.47. The van der Waals surface area contributed by atoms with E-state index in [2.05, 4.69) is 0 Å². The third-order valence-electron chi connectivity index (χ3n) is 4.14. The Bertz CT molecular complexity index is 991. The minimum absolute atomic E-state index is 0.0468. The number of benzene rings is 3. The summed E-state index contributed by atoms with van der Waals surface area (Å²) in [7, 11) is 1.85. The maximum Gasteiger partial charge on any atom is 0.189 e. The number of allylic oxidation sites excluding steroid dienone is 1. The lowest BCUT2D eigenvalue weighted by Crippen LogP contribution is -2.11. The number of hydrogen-bond donors (Lipinski definition) is 0. The van der Waals surface area contributed by atoms with E-state index < -0.39 is 0 Å². The molecule has 2 nitrogen and oxygen atoms in total. The van der Waals surface area contributed by atoms with Crippen LogP contribution in [0.15, 0.2) is 76.7 Å². The van der Waals surface area contributed by atoms with Crippen LogP contribution in [0.4, 0.5) is 10.1 Å². The first-order valence-corrected chi connectivity index (χ1v) is 8.40. The van der Waals surface area contributed by atoms with Crippen molar-refractivity contribution in [3.63, 3.8) is 0 Å². The number of anilines is 1. The monoisotopic (exact) mass is 335 g/mol. The standard InChI is InChI=1S/C20H14FNOS/c1-22-17-11-14(21)9-10-19(17)24-20(22)12-18(23)16-8-4-6-13-5-2-3-7-15(13)16/h2-12H,1H3. The van der Waals surface area contributed by atoms with Gasteiger partial charge in [0.05, 0.1) is 10.7 Å². The summed E-state index contributed by atoms with van der Waals surface area (Å²) in [5, 5.41) is 2.78. The number of ketones is 1. The zero-order valence-corrected chi connectivity index (χ0v) is 13.8. The number of fused-ring (bicyclic) bond motifs is 2. The first kappa shape index (κ1) is 15.0. The van der Waals surface area contributed by atoms with Crippen molar-refractivity contribution >= 4 is 34.0 Å². The Hall–Kier alpha value is -2.59. The van der Waals surface area contributed by atoms with Gasteiger partial charge in [-0.05, 0) is 29.0 Å². The lowest BCUT2D eigenvalue weighted by molar-refractivity contribution is 0.104. The summed E-state index contributed by atoms with van der Waals surface area (Å²) >= 11 is 1.48. The number of halogens is 1. The number of thioether (sulfide) groups is 1. The Morgan fingerprint density at radius 2 is 1.88 bits per heavy atom. The molecule has 1 aliphatic rings. The molecule has 0 radical (unpaired) electrons. The van der Waals surface area contributed by atoms with Crippen molar-refractivity contribution in [2.75, 3.05) is 11.9 Å². The van der Waals surface area contributed by atoms with E-state index in [-0.39, 0.29) is 11.6 Å². The molecule has 3 aromatic rings. The average Bonchev–Trinajstić information content (AvgIpc) is 2.90. The van der Waals surface area contributed by atoms with Crippen molar-refractivity contribution in [3.8, 4) is 0 Å². The molecular weight excluding hydrogens is 321 g/mol. The van der Waals surface area contributed by atoms with E-state index in [1.165, 1.54) is 23.9 Å². The molecule has 0 N–H and O–H groups in total. The minimum atomic E-state index is -0.275. The average molecular weight is 335 g/mol. The Morgan fingerprint density at radius 1 is 1.08 bits per heavy atom. The molecule has 0 bridgehead atoms. The van der Waals surface area contributed by atoms with Crippen molar-refractivity contribution in [3.05, 3.63) is 83.1 Å². The lowest BCUT2D eigenvalue weighted by Gasteiger charge is -2.13. The van der Waals surface area contributed by atoms with Crippen molar-refractivity contribution < 1.29 is 9.18 Å². The molecule has 0 spiro atoms. The van der Waals surface area contributed by atoms with Gasteiger partial charge in [-0.15, -0.1) is 0 Å². The third kappa shape index (κ3) is 2.49. The van der Waals surface area contributed by atoms with Crippen LogP contribution in [0.1, 0.15) is 10.4 Å². The zero-order valence-electron chi connectivity index (χ0n) is 13.0. The van der Waals surface area contributed by atoms with Crippen LogP contribution in [0.25, 0.3) is 10.8 Å². The van der Waals surface area contributed by atoms with Crippen LogP contribution in [0.5, 0.6) is 0 Å². The quantitative estimate of drug-likeness (QED) is 0.471. The van der Waals surface area contributed by atoms with E-state index in [1.807, 2.05) is 54.4 Å². The van der Waals surface area contributed by atoms with Crippen molar-refractivity contribution in [1.29, 1.82) is 0 Å². The molecular formula is C20H14FNOS. The maximum atomic E-state index is 13.4. The van der Waals surface area contributed by atoms with E-state index in [9.17, 15) is 9.18 Å². The summed E-state index contributed by atoms with van der Waals surface area (Å²) in [5.74, 6) is -0.322. The molecule has 0 saturated heterocycles. The second kappa shape index (κ2) is 5.80. The molecule has 0 fully saturated rings. The molecule has 0 atom stereocenters. The summed E-state index contributed by atoms with van der Waals surface area (Å²) in [4.78, 5) is 15.6. The summed E-state index contributed by atoms with van der Waals surface area (Å²) in [6.45, 7) is 0. The number of rotatable bonds is 2. The van der Waals surface area contributed by atoms with Crippen LogP contribution in [-0.4, -0.2) is 12.8 Å². The van der Waals surface area contributed by atoms with Crippen LogP contribution in [0.3, 0.4) is 0 Å². The van der Waals surface area contributed by atoms with Crippen LogP contribution >= 0.6 is 11.8 Å². The van der Waals surface area contributed by atoms with Gasteiger partial charge in [0.1, 0.15) is 5.82 Å². The highest BCUT2D eigenvalue weighted by molar-refractivity contribution is 8.03. The van der Waals surface area contributed by atoms with Crippen LogP contribution in [-0.2, 0) is 0 Å². The fourth-order valence-electron chi connectivity index (χ4n) is 2.90. The second-order valence-corrected chi connectivity index (χ2v) is 6.71. The van der Waals surface area contributed by atoms with Gasteiger partial charge >= 0.3 is 0 Å². The number of nitrogens with zero attached hydrogens (tertiary/aromatic N) is 1. The van der Waals surface area contributed by atoms with Crippen molar-refractivity contribution in [1.82, 2.24) is 0 Å². The van der Waals surface area contributed by atoms with E-state index in [4.69, 9.17) is 0 Å². The Balaban J connectivity index is 1.73. The predicted octanol–water partition coefficient (Wildman–Crippen LogP) is 5.25. The van der Waals surface area contributed by atoms with Gasteiger partial charge in [0.25, 0.3) is 0 Å². The third-order valence-corrected chi connectivity index (χ3v) is 5.30. The first-order chi connectivity index (χ1) is 11.6. The molecule has 0 aromatic heterocycles. The zero-order chi connectivity index (χ0) is 16.7. The molecule has 0 amide bonds. The van der Waals surface area contributed by atoms with Gasteiger partial charge in [0.15, 0.2) is 5.78 Å². The summed E-state index contributed by atoms with van der Waals surface area (Å²) in [6.07, 6.45) is 1.63. The molecule has 118 valence electrons. The topological polar surface area (TPSA) is 20.3 Å². The molecule has 0 unspecified atom stereocenters. The van der Waals surface area contributed by atoms with E-state index in [0.717, 1.165) is 26.4 Å². The Kier molecular flexibility index (Phi) is 3.62. The smallest absolute Gasteiger partial charge is 0.189 e. The summed E-state index contributed by atoms with van der Waals surface area (Å²) < 4.78 is 13.4. The van der Waals surface area contributed by atoms with Gasteiger partial charge < -0.3 is 4.90 Å². The van der Waals surface area contributed by atoms with Gasteiger partial charge in [0, 0.05) is 23.6 Å². The Labute approximate surface area is 143 Å². The van der Waals surface area contributed by atoms with Gasteiger partial charge in [-0.1, -0.05) is 54.2 Å². The van der Waals surface area contributed by atoms with Crippen LogP contribution in [0.2, 0.25) is 0 Å². The molecule has 0 aliphatic carbocycles. The van der Waals surface area contributed by atoms with Gasteiger partial charge in [-0.3, -0.25) is 4.79 Å². The predicted molar refractivity (Wildman–Crippen MR) is 97.0 cm³/mol. The highest BCUT2D eigenvalue weighted by Gasteiger charge is 2.23. The van der Waals surface area contributed by atoms with Crippen molar-refractivity contribution in [2.24, 2.45) is 0 Å². The van der Waals surface area contributed by atoms with Gasteiger partial charge in [0.2, 0.25) is 0 Å². The Morgan fingerprint density at radius 3 is 2.75 bits per heavy atom. The highest BCUT2D eigenvalue weighted by Crippen LogP contribution is 2.45. The molecule has 4 heteroatoms. The second-order valence-electron chi connectivity index (χ2n) is 5.65. The van der Waals surface area contributed by atoms with Gasteiger partial charge in [-0.2, -0.15) is 0 Å². The molecule has 24 heavy (non-hydrogen) atoms. The largest absolute Gasteiger partial charge is 0.338 e. The summed E-state index contributed by atoms with van der Waals surface area (Å²) in [6, 6.07) is 18.2. The molecule has 4 rings (SSSR count). The van der Waals surface area contributed by atoms with E-state index >= 15 is 0 Å². The van der Waals surface area contributed by atoms with Gasteiger partial charge in [-0.25, -0.2) is 4.39 Å². The van der Waals surface area contributed by atoms with Crippen molar-refractivity contribution in [2.45, 2.75) is 4.90 Å². The van der Waals surface area contributed by atoms with Crippen LogP contribution in [0, 0.1) is 5.82 Å².